The third-order valence-electron chi connectivity index (χ3n) is 2.97. The van der Waals surface area contributed by atoms with Crippen LogP contribution in [0.15, 0.2) is 60.0 Å². The van der Waals surface area contributed by atoms with E-state index >= 15 is 0 Å². The highest BCUT2D eigenvalue weighted by atomic mass is 15.5. The number of anilines is 1. The Hall–Kier alpha value is -2.62. The molecule has 0 bridgehead atoms. The summed E-state index contributed by atoms with van der Waals surface area (Å²) in [5, 5.41) is 7.33. The Kier molecular flexibility index (Phi) is 2.98. The van der Waals surface area contributed by atoms with Gasteiger partial charge in [0.15, 0.2) is 0 Å². The van der Waals surface area contributed by atoms with E-state index < -0.39 is 0 Å². The Balaban J connectivity index is 1.87. The lowest BCUT2D eigenvalue weighted by Gasteiger charge is -2.10. The Labute approximate surface area is 111 Å². The standard InChI is InChI=1S/C15H14N4/c1-19(15-8-4-5-9-16-15)18-11-12-10-17-14-7-3-2-6-13(12)14/h2-11,17H,1H3/b18-11+. The number of H-pyrrole nitrogens is 1. The van der Waals surface area contributed by atoms with Crippen LogP contribution in [0.25, 0.3) is 10.9 Å². The van der Waals surface area contributed by atoms with Gasteiger partial charge in [0, 0.05) is 35.9 Å². The molecule has 0 unspecified atom stereocenters. The van der Waals surface area contributed by atoms with Crippen molar-refractivity contribution in [3.8, 4) is 0 Å². The Morgan fingerprint density at radius 3 is 2.84 bits per heavy atom. The fraction of sp³-hybridized carbons (Fsp3) is 0.0667. The van der Waals surface area contributed by atoms with Gasteiger partial charge in [-0.3, -0.25) is 5.01 Å². The van der Waals surface area contributed by atoms with Gasteiger partial charge in [-0.2, -0.15) is 5.10 Å². The summed E-state index contributed by atoms with van der Waals surface area (Å²) in [5.41, 5.74) is 2.18. The van der Waals surface area contributed by atoms with E-state index in [2.05, 4.69) is 27.2 Å². The van der Waals surface area contributed by atoms with E-state index in [9.17, 15) is 0 Å². The average Bonchev–Trinajstić information content (AvgIpc) is 2.89. The first-order chi connectivity index (χ1) is 9.34. The van der Waals surface area contributed by atoms with Gasteiger partial charge in [0.25, 0.3) is 0 Å². The number of benzene rings is 1. The highest BCUT2D eigenvalue weighted by Crippen LogP contribution is 2.16. The third-order valence-corrected chi connectivity index (χ3v) is 2.97. The molecule has 1 N–H and O–H groups in total. The van der Waals surface area contributed by atoms with Crippen molar-refractivity contribution in [2.45, 2.75) is 0 Å². The van der Waals surface area contributed by atoms with Crippen LogP contribution >= 0.6 is 0 Å². The van der Waals surface area contributed by atoms with Crippen LogP contribution in [0.4, 0.5) is 5.82 Å². The first-order valence-corrected chi connectivity index (χ1v) is 6.09. The summed E-state index contributed by atoms with van der Waals surface area (Å²) in [7, 11) is 1.88. The van der Waals surface area contributed by atoms with Crippen LogP contribution in [-0.4, -0.2) is 23.2 Å². The van der Waals surface area contributed by atoms with Gasteiger partial charge in [-0.05, 0) is 18.2 Å². The van der Waals surface area contributed by atoms with E-state index in [4.69, 9.17) is 0 Å². The number of hydrogen-bond donors (Lipinski definition) is 1. The first kappa shape index (κ1) is 11.5. The smallest absolute Gasteiger partial charge is 0.148 e. The predicted molar refractivity (Wildman–Crippen MR) is 78.5 cm³/mol. The second-order valence-corrected chi connectivity index (χ2v) is 4.25. The number of rotatable bonds is 3. The van der Waals surface area contributed by atoms with Crippen molar-refractivity contribution >= 4 is 22.9 Å². The van der Waals surface area contributed by atoms with Crippen LogP contribution in [0.2, 0.25) is 0 Å². The summed E-state index contributed by atoms with van der Waals surface area (Å²) in [5.74, 6) is 0.818. The Bertz CT molecular complexity index is 700. The van der Waals surface area contributed by atoms with E-state index in [1.54, 1.807) is 11.2 Å². The fourth-order valence-corrected chi connectivity index (χ4v) is 1.95. The van der Waals surface area contributed by atoms with Crippen molar-refractivity contribution in [3.63, 3.8) is 0 Å². The lowest BCUT2D eigenvalue weighted by atomic mass is 10.2. The van der Waals surface area contributed by atoms with Crippen LogP contribution < -0.4 is 5.01 Å². The summed E-state index contributed by atoms with van der Waals surface area (Å²) >= 11 is 0. The monoisotopic (exact) mass is 250 g/mol. The van der Waals surface area contributed by atoms with Gasteiger partial charge in [-0.15, -0.1) is 0 Å². The second kappa shape index (κ2) is 4.94. The second-order valence-electron chi connectivity index (χ2n) is 4.25. The lowest BCUT2D eigenvalue weighted by Crippen LogP contribution is -2.10. The number of hydrogen-bond acceptors (Lipinski definition) is 3. The van der Waals surface area contributed by atoms with Crippen molar-refractivity contribution < 1.29 is 0 Å². The SMILES string of the molecule is CN(/N=C/c1c[nH]c2ccccc12)c1ccccn1. The van der Waals surface area contributed by atoms with Gasteiger partial charge in [0.1, 0.15) is 5.82 Å². The van der Waals surface area contributed by atoms with E-state index in [0.29, 0.717) is 0 Å². The van der Waals surface area contributed by atoms with Crippen molar-refractivity contribution in [2.24, 2.45) is 5.10 Å². The minimum absolute atomic E-state index is 0.818. The number of fused-ring (bicyclic) bond motifs is 1. The molecule has 0 aliphatic rings. The van der Waals surface area contributed by atoms with Gasteiger partial charge in [0.05, 0.1) is 6.21 Å². The Morgan fingerprint density at radius 2 is 2.00 bits per heavy atom. The van der Waals surface area contributed by atoms with E-state index in [0.717, 1.165) is 16.9 Å². The summed E-state index contributed by atoms with van der Waals surface area (Å²) in [4.78, 5) is 7.47. The van der Waals surface area contributed by atoms with E-state index in [-0.39, 0.29) is 0 Å². The van der Waals surface area contributed by atoms with Gasteiger partial charge in [-0.1, -0.05) is 24.3 Å². The predicted octanol–water partition coefficient (Wildman–Crippen LogP) is 3.03. The number of aromatic amines is 1. The zero-order valence-corrected chi connectivity index (χ0v) is 10.6. The molecule has 0 aliphatic carbocycles. The molecule has 0 aliphatic heterocycles. The van der Waals surface area contributed by atoms with Crippen LogP contribution in [0.1, 0.15) is 5.56 Å². The highest BCUT2D eigenvalue weighted by Gasteiger charge is 2.01. The molecule has 0 spiro atoms. The molecule has 0 fully saturated rings. The molecule has 19 heavy (non-hydrogen) atoms. The molecule has 0 saturated carbocycles. The van der Waals surface area contributed by atoms with Gasteiger partial charge < -0.3 is 4.98 Å². The maximum absolute atomic E-state index is 4.41. The van der Waals surface area contributed by atoms with Crippen LogP contribution in [-0.2, 0) is 0 Å². The fourth-order valence-electron chi connectivity index (χ4n) is 1.95. The van der Waals surface area contributed by atoms with Gasteiger partial charge in [-0.25, -0.2) is 4.98 Å². The number of para-hydroxylation sites is 1. The van der Waals surface area contributed by atoms with E-state index in [1.165, 1.54) is 5.39 Å². The molecule has 4 heteroatoms. The van der Waals surface area contributed by atoms with Crippen LogP contribution in [0.3, 0.4) is 0 Å². The minimum Gasteiger partial charge on any atom is -0.361 e. The molecule has 1 aromatic carbocycles. The summed E-state index contributed by atoms with van der Waals surface area (Å²) in [6.45, 7) is 0. The van der Waals surface area contributed by atoms with Crippen LogP contribution in [0.5, 0.6) is 0 Å². The molecule has 0 atom stereocenters. The van der Waals surface area contributed by atoms with E-state index in [1.807, 2.05) is 49.8 Å². The molecule has 2 heterocycles. The van der Waals surface area contributed by atoms with Crippen molar-refractivity contribution in [3.05, 3.63) is 60.4 Å². The molecule has 2 aromatic heterocycles. The number of nitrogens with zero attached hydrogens (tertiary/aromatic N) is 3. The van der Waals surface area contributed by atoms with Crippen molar-refractivity contribution in [1.29, 1.82) is 0 Å². The van der Waals surface area contributed by atoms with Gasteiger partial charge in [0.2, 0.25) is 0 Å². The third kappa shape index (κ3) is 2.33. The molecule has 0 radical (unpaired) electrons. The largest absolute Gasteiger partial charge is 0.361 e. The number of nitrogens with one attached hydrogen (secondary N) is 1. The number of hydrazone groups is 1. The molecule has 0 saturated heterocycles. The summed E-state index contributed by atoms with van der Waals surface area (Å²) < 4.78 is 0. The number of aromatic nitrogens is 2. The molecule has 0 amide bonds. The maximum Gasteiger partial charge on any atom is 0.148 e. The highest BCUT2D eigenvalue weighted by molar-refractivity contribution is 5.99. The first-order valence-electron chi connectivity index (χ1n) is 6.09. The summed E-state index contributed by atoms with van der Waals surface area (Å²) in [6.07, 6.45) is 5.56. The maximum atomic E-state index is 4.41. The lowest BCUT2D eigenvalue weighted by molar-refractivity contribution is 0.983. The normalized spacial score (nSPS) is 11.2. The minimum atomic E-state index is 0.818. The zero-order chi connectivity index (χ0) is 13.1. The van der Waals surface area contributed by atoms with Gasteiger partial charge >= 0.3 is 0 Å². The van der Waals surface area contributed by atoms with Crippen molar-refractivity contribution in [2.75, 3.05) is 12.1 Å². The van der Waals surface area contributed by atoms with Crippen LogP contribution in [0, 0.1) is 0 Å². The molecule has 3 rings (SSSR count). The molecular formula is C15H14N4. The summed E-state index contributed by atoms with van der Waals surface area (Å²) in [6, 6.07) is 13.9. The molecule has 3 aromatic rings. The molecule has 4 nitrogen and oxygen atoms in total. The quantitative estimate of drug-likeness (QED) is 0.573. The molecular weight excluding hydrogens is 236 g/mol. The number of pyridine rings is 1. The average molecular weight is 250 g/mol. The zero-order valence-electron chi connectivity index (χ0n) is 10.6. The molecule has 94 valence electrons. The topological polar surface area (TPSA) is 44.3 Å². The Morgan fingerprint density at radius 1 is 1.16 bits per heavy atom. The van der Waals surface area contributed by atoms with Crippen molar-refractivity contribution in [1.82, 2.24) is 9.97 Å².